The fraction of sp³-hybridized carbons (Fsp3) is 0.333. The van der Waals surface area contributed by atoms with Crippen LogP contribution in [0.1, 0.15) is 39.3 Å². The van der Waals surface area contributed by atoms with Crippen molar-refractivity contribution >= 4 is 29.5 Å². The van der Waals surface area contributed by atoms with Crippen molar-refractivity contribution < 1.29 is 35.9 Å². The number of hydrogen-bond donors (Lipinski definition) is 2. The Balaban J connectivity index is 2.13. The van der Waals surface area contributed by atoms with Crippen molar-refractivity contribution in [3.63, 3.8) is 0 Å². The van der Waals surface area contributed by atoms with Crippen molar-refractivity contribution in [1.82, 2.24) is 10.6 Å². The molecule has 1 unspecified atom stereocenters. The smallest absolute Gasteiger partial charge is 0.344 e. The first-order valence-corrected chi connectivity index (χ1v) is 10.7. The van der Waals surface area contributed by atoms with E-state index in [-0.39, 0.29) is 17.1 Å². The summed E-state index contributed by atoms with van der Waals surface area (Å²) in [6, 6.07) is 7.29. The van der Waals surface area contributed by atoms with Crippen molar-refractivity contribution in [1.29, 1.82) is 0 Å². The van der Waals surface area contributed by atoms with Gasteiger partial charge >= 0.3 is 24.2 Å². The molecule has 0 saturated heterocycles. The standard InChI is InChI=1S/C24H23ClF6N2O2/c1-13-8-18(9-14(2)15(13)3)19(24(29,30)31)7-5-16-4-6-17(20(25)10-16)11-32-21(34)22(35)33-12-23(26,27)28/h4-10,19H,11-12H2,1-3H3,(H,32,34)(H,33,35)/b7-5+. The summed E-state index contributed by atoms with van der Waals surface area (Å²) in [5.74, 6) is -4.59. The van der Waals surface area contributed by atoms with Crippen LogP contribution in [0, 0.1) is 20.8 Å². The Morgan fingerprint density at radius 3 is 2.03 bits per heavy atom. The number of amides is 2. The van der Waals surface area contributed by atoms with E-state index in [1.165, 1.54) is 41.7 Å². The highest BCUT2D eigenvalue weighted by Gasteiger charge is 2.39. The zero-order valence-electron chi connectivity index (χ0n) is 19.0. The van der Waals surface area contributed by atoms with E-state index >= 15 is 0 Å². The van der Waals surface area contributed by atoms with Gasteiger partial charge in [-0.1, -0.05) is 48.0 Å². The molecule has 4 nitrogen and oxygen atoms in total. The fourth-order valence-electron chi connectivity index (χ4n) is 3.19. The van der Waals surface area contributed by atoms with E-state index in [0.29, 0.717) is 11.1 Å². The minimum atomic E-state index is -4.66. The average Bonchev–Trinajstić information content (AvgIpc) is 2.73. The Morgan fingerprint density at radius 2 is 1.51 bits per heavy atom. The van der Waals surface area contributed by atoms with E-state index in [2.05, 4.69) is 5.32 Å². The molecule has 0 aliphatic carbocycles. The fourth-order valence-corrected chi connectivity index (χ4v) is 3.45. The van der Waals surface area contributed by atoms with Crippen molar-refractivity contribution in [3.8, 4) is 0 Å². The summed E-state index contributed by atoms with van der Waals surface area (Å²) < 4.78 is 77.6. The van der Waals surface area contributed by atoms with E-state index in [9.17, 15) is 35.9 Å². The second-order valence-corrected chi connectivity index (χ2v) is 8.40. The topological polar surface area (TPSA) is 58.2 Å². The van der Waals surface area contributed by atoms with Gasteiger partial charge in [-0.05, 0) is 60.2 Å². The quantitative estimate of drug-likeness (QED) is 0.367. The molecule has 2 amide bonds. The molecule has 0 aliphatic rings. The molecule has 0 heterocycles. The second-order valence-electron chi connectivity index (χ2n) is 7.99. The molecule has 2 aromatic rings. The Labute approximate surface area is 203 Å². The molecule has 0 spiro atoms. The molecule has 0 fully saturated rings. The van der Waals surface area contributed by atoms with Crippen LogP contribution in [0.3, 0.4) is 0 Å². The van der Waals surface area contributed by atoms with Crippen LogP contribution in [-0.2, 0) is 16.1 Å². The van der Waals surface area contributed by atoms with Gasteiger partial charge in [-0.25, -0.2) is 0 Å². The van der Waals surface area contributed by atoms with Crippen molar-refractivity contribution in [2.24, 2.45) is 0 Å². The summed E-state index contributed by atoms with van der Waals surface area (Å²) in [7, 11) is 0. The van der Waals surface area contributed by atoms with Crippen LogP contribution in [0.15, 0.2) is 36.4 Å². The van der Waals surface area contributed by atoms with Crippen LogP contribution in [0.5, 0.6) is 0 Å². The van der Waals surface area contributed by atoms with E-state index < -0.39 is 36.6 Å². The van der Waals surface area contributed by atoms with E-state index in [1.54, 1.807) is 13.8 Å². The Hall–Kier alpha value is -3.01. The molecule has 2 rings (SSSR count). The Bertz CT molecular complexity index is 1100. The first-order valence-electron chi connectivity index (χ1n) is 10.3. The maximum atomic E-state index is 13.8. The third-order valence-corrected chi connectivity index (χ3v) is 5.67. The van der Waals surface area contributed by atoms with Gasteiger partial charge in [-0.2, -0.15) is 26.3 Å². The number of nitrogens with one attached hydrogen (secondary N) is 2. The molecule has 190 valence electrons. The number of allylic oxidation sites excluding steroid dienone is 1. The lowest BCUT2D eigenvalue weighted by Crippen LogP contribution is -2.43. The van der Waals surface area contributed by atoms with Gasteiger partial charge in [0.15, 0.2) is 0 Å². The maximum Gasteiger partial charge on any atom is 0.405 e. The van der Waals surface area contributed by atoms with Gasteiger partial charge < -0.3 is 10.6 Å². The highest BCUT2D eigenvalue weighted by atomic mass is 35.5. The van der Waals surface area contributed by atoms with Crippen LogP contribution < -0.4 is 10.6 Å². The minimum Gasteiger partial charge on any atom is -0.344 e. The zero-order valence-corrected chi connectivity index (χ0v) is 19.8. The normalized spacial score (nSPS) is 13.1. The predicted octanol–water partition coefficient (Wildman–Crippen LogP) is 5.92. The van der Waals surface area contributed by atoms with Gasteiger partial charge in [0.1, 0.15) is 6.54 Å². The summed E-state index contributed by atoms with van der Waals surface area (Å²) in [5.41, 5.74) is 3.23. The number of alkyl halides is 6. The highest BCUT2D eigenvalue weighted by molar-refractivity contribution is 6.35. The van der Waals surface area contributed by atoms with Gasteiger partial charge in [-0.15, -0.1) is 0 Å². The van der Waals surface area contributed by atoms with Gasteiger partial charge in [0.25, 0.3) is 0 Å². The van der Waals surface area contributed by atoms with Crippen LogP contribution in [0.2, 0.25) is 5.02 Å². The number of halogens is 7. The first-order chi connectivity index (χ1) is 16.1. The number of rotatable bonds is 6. The summed E-state index contributed by atoms with van der Waals surface area (Å²) in [5, 5.41) is 3.66. The Morgan fingerprint density at radius 1 is 0.943 bits per heavy atom. The number of hydrogen-bond acceptors (Lipinski definition) is 2. The molecule has 0 aliphatic heterocycles. The van der Waals surface area contributed by atoms with Crippen LogP contribution in [0.25, 0.3) is 6.08 Å². The summed E-state index contributed by atoms with van der Waals surface area (Å²) >= 11 is 6.14. The average molecular weight is 521 g/mol. The lowest BCUT2D eigenvalue weighted by molar-refractivity contribution is -0.146. The van der Waals surface area contributed by atoms with Gasteiger partial charge in [0.05, 0.1) is 5.92 Å². The van der Waals surface area contributed by atoms with Crippen LogP contribution in [0.4, 0.5) is 26.3 Å². The predicted molar refractivity (Wildman–Crippen MR) is 121 cm³/mol. The minimum absolute atomic E-state index is 0.0914. The second kappa shape index (κ2) is 11.2. The maximum absolute atomic E-state index is 13.8. The molecule has 1 atom stereocenters. The van der Waals surface area contributed by atoms with Crippen molar-refractivity contribution in [2.45, 2.75) is 45.6 Å². The number of carbonyl (C=O) groups excluding carboxylic acids is 2. The molecular weight excluding hydrogens is 498 g/mol. The molecule has 0 aromatic heterocycles. The molecule has 2 N–H and O–H groups in total. The zero-order chi connectivity index (χ0) is 26.6. The number of aryl methyl sites for hydroxylation is 2. The summed E-state index contributed by atoms with van der Waals surface area (Å²) in [6.45, 7) is 3.42. The number of benzene rings is 2. The SMILES string of the molecule is Cc1cc(C(/C=C/c2ccc(CNC(=O)C(=O)NCC(F)(F)F)c(Cl)c2)C(F)(F)F)cc(C)c1C. The molecule has 0 bridgehead atoms. The summed E-state index contributed by atoms with van der Waals surface area (Å²) in [4.78, 5) is 23.0. The third kappa shape index (κ3) is 8.31. The van der Waals surface area contributed by atoms with E-state index in [4.69, 9.17) is 11.6 Å². The van der Waals surface area contributed by atoms with E-state index in [0.717, 1.165) is 22.8 Å². The van der Waals surface area contributed by atoms with Gasteiger partial charge in [0.2, 0.25) is 0 Å². The van der Waals surface area contributed by atoms with Crippen LogP contribution in [-0.4, -0.2) is 30.7 Å². The Kier molecular flexibility index (Phi) is 9.00. The van der Waals surface area contributed by atoms with Crippen molar-refractivity contribution in [3.05, 3.63) is 74.8 Å². The van der Waals surface area contributed by atoms with Crippen molar-refractivity contribution in [2.75, 3.05) is 6.54 Å². The number of carbonyl (C=O) groups is 2. The first kappa shape index (κ1) is 28.2. The molecule has 0 radical (unpaired) electrons. The largest absolute Gasteiger partial charge is 0.405 e. The molecular formula is C24H23ClF6N2O2. The van der Waals surface area contributed by atoms with Gasteiger partial charge in [-0.3, -0.25) is 9.59 Å². The summed E-state index contributed by atoms with van der Waals surface area (Å²) in [6.07, 6.45) is -6.88. The third-order valence-electron chi connectivity index (χ3n) is 5.31. The molecule has 0 saturated carbocycles. The van der Waals surface area contributed by atoms with Crippen LogP contribution >= 0.6 is 11.6 Å². The molecule has 35 heavy (non-hydrogen) atoms. The van der Waals surface area contributed by atoms with Gasteiger partial charge in [0, 0.05) is 11.6 Å². The molecule has 11 heteroatoms. The molecule has 2 aromatic carbocycles. The highest BCUT2D eigenvalue weighted by Crippen LogP contribution is 2.38. The van der Waals surface area contributed by atoms with E-state index in [1.807, 2.05) is 6.92 Å². The lowest BCUT2D eigenvalue weighted by Gasteiger charge is -2.19. The monoisotopic (exact) mass is 520 g/mol. The lowest BCUT2D eigenvalue weighted by atomic mass is 9.91.